The maximum Gasteiger partial charge on any atom is 0.151 e. The van der Waals surface area contributed by atoms with Crippen molar-refractivity contribution >= 4 is 5.78 Å². The SMILES string of the molecule is CN(CC(=O)Cc1ccccc1F)C1CCC(C)(C)CC1. The molecule has 21 heavy (non-hydrogen) atoms. The number of hydrogen-bond donors (Lipinski definition) is 0. The first kappa shape index (κ1) is 16.2. The lowest BCUT2D eigenvalue weighted by Gasteiger charge is -2.38. The second-order valence-corrected chi connectivity index (χ2v) is 7.12. The number of carbonyl (C=O) groups is 1. The van der Waals surface area contributed by atoms with Gasteiger partial charge in [0.25, 0.3) is 0 Å². The van der Waals surface area contributed by atoms with Crippen molar-refractivity contribution in [3.63, 3.8) is 0 Å². The normalized spacial score (nSPS) is 18.9. The summed E-state index contributed by atoms with van der Waals surface area (Å²) in [6, 6.07) is 7.02. The summed E-state index contributed by atoms with van der Waals surface area (Å²) in [6.07, 6.45) is 4.91. The minimum atomic E-state index is -0.284. The Balaban J connectivity index is 1.84. The van der Waals surface area contributed by atoms with Gasteiger partial charge in [-0.25, -0.2) is 4.39 Å². The van der Waals surface area contributed by atoms with Gasteiger partial charge in [0.05, 0.1) is 6.54 Å². The number of benzene rings is 1. The van der Waals surface area contributed by atoms with Crippen LogP contribution in [-0.4, -0.2) is 30.3 Å². The maximum atomic E-state index is 13.6. The van der Waals surface area contributed by atoms with Crippen LogP contribution in [0, 0.1) is 11.2 Å². The van der Waals surface area contributed by atoms with Crippen LogP contribution in [0.3, 0.4) is 0 Å². The first-order valence-corrected chi connectivity index (χ1v) is 7.83. The van der Waals surface area contributed by atoms with E-state index in [1.165, 1.54) is 18.9 Å². The van der Waals surface area contributed by atoms with Gasteiger partial charge in [-0.2, -0.15) is 0 Å². The van der Waals surface area contributed by atoms with E-state index in [0.29, 0.717) is 23.6 Å². The van der Waals surface area contributed by atoms with Crippen molar-refractivity contribution in [1.82, 2.24) is 4.90 Å². The van der Waals surface area contributed by atoms with Crippen LogP contribution >= 0.6 is 0 Å². The molecular formula is C18H26FNO. The Bertz CT molecular complexity index is 488. The van der Waals surface area contributed by atoms with Crippen molar-refractivity contribution < 1.29 is 9.18 Å². The zero-order valence-electron chi connectivity index (χ0n) is 13.4. The van der Waals surface area contributed by atoms with E-state index < -0.39 is 0 Å². The number of Topliss-reactive ketones (excluding diaryl/α,β-unsaturated/α-hetero) is 1. The second-order valence-electron chi connectivity index (χ2n) is 7.12. The first-order valence-electron chi connectivity index (χ1n) is 7.83. The van der Waals surface area contributed by atoms with Crippen molar-refractivity contribution in [1.29, 1.82) is 0 Å². The highest BCUT2D eigenvalue weighted by Crippen LogP contribution is 2.36. The molecule has 1 fully saturated rings. The van der Waals surface area contributed by atoms with Gasteiger partial charge in [-0.15, -0.1) is 0 Å². The Labute approximate surface area is 127 Å². The van der Waals surface area contributed by atoms with Gasteiger partial charge >= 0.3 is 0 Å². The molecular weight excluding hydrogens is 265 g/mol. The van der Waals surface area contributed by atoms with Gasteiger partial charge in [-0.05, 0) is 49.8 Å². The molecule has 0 atom stereocenters. The standard InChI is InChI=1S/C18H26FNO/c1-18(2)10-8-15(9-11-18)20(3)13-16(21)12-14-6-4-5-7-17(14)19/h4-7,15H,8-13H2,1-3H3. The minimum absolute atomic E-state index is 0.0902. The fourth-order valence-corrected chi connectivity index (χ4v) is 3.14. The zero-order chi connectivity index (χ0) is 15.5. The molecule has 1 aromatic carbocycles. The van der Waals surface area contributed by atoms with Crippen LogP contribution in [0.2, 0.25) is 0 Å². The van der Waals surface area contributed by atoms with Gasteiger partial charge in [0, 0.05) is 12.5 Å². The smallest absolute Gasteiger partial charge is 0.151 e. The summed E-state index contributed by atoms with van der Waals surface area (Å²) in [5.41, 5.74) is 0.940. The van der Waals surface area contributed by atoms with E-state index >= 15 is 0 Å². The summed E-state index contributed by atoms with van der Waals surface area (Å²) < 4.78 is 13.6. The number of halogens is 1. The van der Waals surface area contributed by atoms with E-state index in [-0.39, 0.29) is 18.0 Å². The van der Waals surface area contributed by atoms with E-state index in [9.17, 15) is 9.18 Å². The average Bonchev–Trinajstić information content (AvgIpc) is 2.41. The van der Waals surface area contributed by atoms with E-state index in [1.54, 1.807) is 18.2 Å². The molecule has 0 amide bonds. The van der Waals surface area contributed by atoms with Gasteiger partial charge in [0.2, 0.25) is 0 Å². The minimum Gasteiger partial charge on any atom is -0.298 e. The number of ketones is 1. The third kappa shape index (κ3) is 4.63. The Morgan fingerprint density at radius 1 is 1.29 bits per heavy atom. The van der Waals surface area contributed by atoms with Crippen LogP contribution in [0.4, 0.5) is 4.39 Å². The van der Waals surface area contributed by atoms with E-state index in [0.717, 1.165) is 12.8 Å². The Kier molecular flexibility index (Phi) is 5.15. The summed E-state index contributed by atoms with van der Waals surface area (Å²) in [4.78, 5) is 14.3. The third-order valence-electron chi connectivity index (χ3n) is 4.70. The molecule has 0 saturated heterocycles. The van der Waals surface area contributed by atoms with Crippen LogP contribution in [-0.2, 0) is 11.2 Å². The van der Waals surface area contributed by atoms with Crippen LogP contribution in [0.5, 0.6) is 0 Å². The van der Waals surface area contributed by atoms with Crippen molar-refractivity contribution in [2.75, 3.05) is 13.6 Å². The fourth-order valence-electron chi connectivity index (χ4n) is 3.14. The summed E-state index contributed by atoms with van der Waals surface area (Å²) in [5.74, 6) is -0.194. The molecule has 0 unspecified atom stereocenters. The largest absolute Gasteiger partial charge is 0.298 e. The molecule has 0 heterocycles. The lowest BCUT2D eigenvalue weighted by Crippen LogP contribution is -2.40. The monoisotopic (exact) mass is 291 g/mol. The van der Waals surface area contributed by atoms with Crippen LogP contribution in [0.25, 0.3) is 0 Å². The number of likely N-dealkylation sites (N-methyl/N-ethyl adjacent to an activating group) is 1. The molecule has 0 N–H and O–H groups in total. The zero-order valence-corrected chi connectivity index (χ0v) is 13.4. The van der Waals surface area contributed by atoms with Crippen molar-refractivity contribution in [3.05, 3.63) is 35.6 Å². The molecule has 1 saturated carbocycles. The van der Waals surface area contributed by atoms with Gasteiger partial charge in [-0.3, -0.25) is 9.69 Å². The van der Waals surface area contributed by atoms with Crippen LogP contribution < -0.4 is 0 Å². The first-order chi connectivity index (χ1) is 9.87. The molecule has 1 aromatic rings. The van der Waals surface area contributed by atoms with Crippen LogP contribution in [0.15, 0.2) is 24.3 Å². The molecule has 1 aliphatic carbocycles. The number of hydrogen-bond acceptors (Lipinski definition) is 2. The Morgan fingerprint density at radius 3 is 2.52 bits per heavy atom. The molecule has 0 bridgehead atoms. The van der Waals surface area contributed by atoms with E-state index in [4.69, 9.17) is 0 Å². The molecule has 116 valence electrons. The molecule has 1 aliphatic rings. The highest BCUT2D eigenvalue weighted by Gasteiger charge is 2.29. The summed E-state index contributed by atoms with van der Waals surface area (Å²) in [6.45, 7) is 5.04. The molecule has 2 nitrogen and oxygen atoms in total. The molecule has 3 heteroatoms. The van der Waals surface area contributed by atoms with E-state index in [2.05, 4.69) is 18.7 Å². The summed E-state index contributed by atoms with van der Waals surface area (Å²) >= 11 is 0. The third-order valence-corrected chi connectivity index (χ3v) is 4.70. The average molecular weight is 291 g/mol. The summed E-state index contributed by atoms with van der Waals surface area (Å²) in [5, 5.41) is 0. The predicted octanol–water partition coefficient (Wildman–Crippen LogP) is 3.84. The molecule has 0 aliphatic heterocycles. The second kappa shape index (κ2) is 6.69. The van der Waals surface area contributed by atoms with Gasteiger partial charge < -0.3 is 0 Å². The van der Waals surface area contributed by atoms with Gasteiger partial charge in [-0.1, -0.05) is 32.0 Å². The van der Waals surface area contributed by atoms with Crippen LogP contribution in [0.1, 0.15) is 45.1 Å². The number of nitrogens with zero attached hydrogens (tertiary/aromatic N) is 1. The highest BCUT2D eigenvalue weighted by molar-refractivity contribution is 5.82. The lowest BCUT2D eigenvalue weighted by atomic mass is 9.75. The lowest BCUT2D eigenvalue weighted by molar-refractivity contribution is -0.120. The van der Waals surface area contributed by atoms with E-state index in [1.807, 2.05) is 7.05 Å². The topological polar surface area (TPSA) is 20.3 Å². The van der Waals surface area contributed by atoms with Crippen molar-refractivity contribution in [3.8, 4) is 0 Å². The quantitative estimate of drug-likeness (QED) is 0.821. The number of rotatable bonds is 5. The van der Waals surface area contributed by atoms with Gasteiger partial charge in [0.15, 0.2) is 5.78 Å². The highest BCUT2D eigenvalue weighted by atomic mass is 19.1. The molecule has 0 aromatic heterocycles. The molecule has 0 spiro atoms. The number of carbonyl (C=O) groups excluding carboxylic acids is 1. The van der Waals surface area contributed by atoms with Crippen molar-refractivity contribution in [2.24, 2.45) is 5.41 Å². The van der Waals surface area contributed by atoms with Gasteiger partial charge in [0.1, 0.15) is 5.82 Å². The maximum absolute atomic E-state index is 13.6. The molecule has 2 rings (SSSR count). The Hall–Kier alpha value is -1.22. The molecule has 0 radical (unpaired) electrons. The Morgan fingerprint density at radius 2 is 1.90 bits per heavy atom. The summed E-state index contributed by atoms with van der Waals surface area (Å²) in [7, 11) is 2.02. The fraction of sp³-hybridized carbons (Fsp3) is 0.611. The van der Waals surface area contributed by atoms with Crippen molar-refractivity contribution in [2.45, 2.75) is 52.0 Å². The predicted molar refractivity (Wildman–Crippen MR) is 83.8 cm³/mol.